The Kier molecular flexibility index (Phi) is 6.37. The van der Waals surface area contributed by atoms with Gasteiger partial charge < -0.3 is 25.9 Å². The average molecular weight is 464 g/mol. The number of oxime groups is 1. The average Bonchev–Trinajstić information content (AvgIpc) is 3.03. The van der Waals surface area contributed by atoms with Gasteiger partial charge in [-0.25, -0.2) is 9.78 Å². The number of alkyl halides is 1. The van der Waals surface area contributed by atoms with E-state index >= 15 is 0 Å². The molecular formula is C14H14ClN5O5S3. The predicted molar refractivity (Wildman–Crippen MR) is 108 cm³/mol. The van der Waals surface area contributed by atoms with Gasteiger partial charge in [-0.15, -0.1) is 34.7 Å². The molecule has 14 heteroatoms. The number of hydrogen-bond acceptors (Lipinski definition) is 11. The molecule has 0 bridgehead atoms. The summed E-state index contributed by atoms with van der Waals surface area (Å²) in [6, 6.07) is -1.37. The highest BCUT2D eigenvalue weighted by Gasteiger charge is 2.51. The van der Waals surface area contributed by atoms with Crippen LogP contribution in [-0.4, -0.2) is 68.6 Å². The molecule has 1 aromatic heterocycles. The van der Waals surface area contributed by atoms with E-state index < -0.39 is 24.0 Å². The van der Waals surface area contributed by atoms with E-state index in [0.717, 1.165) is 34.9 Å². The largest absolute Gasteiger partial charge is 0.477 e. The lowest BCUT2D eigenvalue weighted by Crippen LogP contribution is -2.70. The van der Waals surface area contributed by atoms with Crippen LogP contribution in [0, 0.1) is 0 Å². The van der Waals surface area contributed by atoms with Crippen LogP contribution in [-0.2, 0) is 19.2 Å². The van der Waals surface area contributed by atoms with E-state index in [0.29, 0.717) is 4.24 Å². The summed E-state index contributed by atoms with van der Waals surface area (Å²) in [5.41, 5.74) is 5.77. The molecule has 3 heterocycles. The molecule has 0 radical (unpaired) electrons. The van der Waals surface area contributed by atoms with Crippen molar-refractivity contribution >= 4 is 74.3 Å². The molecule has 2 unspecified atom stereocenters. The van der Waals surface area contributed by atoms with Gasteiger partial charge in [0, 0.05) is 11.9 Å². The Morgan fingerprint density at radius 2 is 2.36 bits per heavy atom. The second-order valence-corrected chi connectivity index (χ2v) is 9.22. The maximum Gasteiger partial charge on any atom is 0.353 e. The molecule has 2 aliphatic heterocycles. The van der Waals surface area contributed by atoms with Gasteiger partial charge in [0.15, 0.2) is 10.8 Å². The summed E-state index contributed by atoms with van der Waals surface area (Å²) < 4.78 is 0.341. The third-order valence-electron chi connectivity index (χ3n) is 3.89. The van der Waals surface area contributed by atoms with E-state index in [2.05, 4.69) is 15.5 Å². The number of fused-ring (bicyclic) bond motifs is 1. The van der Waals surface area contributed by atoms with Gasteiger partial charge in [0.25, 0.3) is 5.91 Å². The van der Waals surface area contributed by atoms with Crippen molar-refractivity contribution in [1.29, 1.82) is 0 Å². The topological polar surface area (TPSA) is 147 Å². The number of thioether (sulfide) groups is 2. The summed E-state index contributed by atoms with van der Waals surface area (Å²) >= 11 is 8.72. The third-order valence-corrected chi connectivity index (χ3v) is 6.88. The summed E-state index contributed by atoms with van der Waals surface area (Å²) in [6.07, 6.45) is 0. The fourth-order valence-corrected chi connectivity index (χ4v) is 5.82. The van der Waals surface area contributed by atoms with Crippen molar-refractivity contribution in [3.63, 3.8) is 0 Å². The van der Waals surface area contributed by atoms with Crippen LogP contribution in [0.2, 0.25) is 0 Å². The zero-order valence-corrected chi connectivity index (χ0v) is 17.5. The van der Waals surface area contributed by atoms with Crippen LogP contribution in [0.15, 0.2) is 20.5 Å². The van der Waals surface area contributed by atoms with Crippen molar-refractivity contribution in [2.24, 2.45) is 5.16 Å². The Bertz CT molecular complexity index is 888. The first kappa shape index (κ1) is 20.8. The van der Waals surface area contributed by atoms with E-state index in [1.54, 1.807) is 5.38 Å². The number of aromatic nitrogens is 1. The molecule has 4 N–H and O–H groups in total. The van der Waals surface area contributed by atoms with Crippen LogP contribution in [0.1, 0.15) is 5.69 Å². The van der Waals surface area contributed by atoms with Crippen molar-refractivity contribution < 1.29 is 24.3 Å². The van der Waals surface area contributed by atoms with Gasteiger partial charge in [0.1, 0.15) is 24.5 Å². The highest BCUT2D eigenvalue weighted by atomic mass is 35.5. The Morgan fingerprint density at radius 1 is 1.61 bits per heavy atom. The number of carbonyl (C=O) groups is 3. The Balaban J connectivity index is 1.77. The molecule has 1 amide bonds. The number of halogens is 1. The van der Waals surface area contributed by atoms with E-state index in [-0.39, 0.29) is 39.1 Å². The lowest BCUT2D eigenvalue weighted by molar-refractivity contribution is -0.137. The summed E-state index contributed by atoms with van der Waals surface area (Å²) in [5, 5.41) is 17.6. The van der Waals surface area contributed by atoms with Crippen LogP contribution in [0.4, 0.5) is 5.13 Å². The van der Waals surface area contributed by atoms with Crippen molar-refractivity contribution in [2.75, 3.05) is 24.6 Å². The molecular weight excluding hydrogens is 450 g/mol. The lowest BCUT2D eigenvalue weighted by atomic mass is 9.95. The number of rotatable bonds is 7. The highest BCUT2D eigenvalue weighted by Crippen LogP contribution is 2.44. The number of anilines is 1. The molecule has 1 saturated heterocycles. The van der Waals surface area contributed by atoms with Gasteiger partial charge in [0.2, 0.25) is 5.12 Å². The maximum absolute atomic E-state index is 12.6. The van der Waals surface area contributed by atoms with Gasteiger partial charge in [0.05, 0.1) is 15.5 Å². The first-order valence-corrected chi connectivity index (χ1v) is 10.9. The SMILES string of the molecule is CON=C(C(=O)NC1CN2C(C(=O)O)=C(SCCl)SC(=O)C12)c1csc(N)n1. The zero-order chi connectivity index (χ0) is 20.4. The minimum absolute atomic E-state index is 0.0174. The monoisotopic (exact) mass is 463 g/mol. The number of hydrogen-bond donors (Lipinski definition) is 3. The predicted octanol–water partition coefficient (Wildman–Crippen LogP) is 0.701. The number of carboxylic acid groups (broad SMARTS) is 1. The fourth-order valence-electron chi connectivity index (χ4n) is 2.75. The number of thiazole rings is 1. The molecule has 2 atom stereocenters. The number of nitrogens with zero attached hydrogens (tertiary/aromatic N) is 3. The van der Waals surface area contributed by atoms with Crippen molar-refractivity contribution in [2.45, 2.75) is 12.1 Å². The molecule has 10 nitrogen and oxygen atoms in total. The number of nitrogens with two attached hydrogens (primary N) is 1. The number of nitrogen functional groups attached to an aromatic ring is 1. The fraction of sp³-hybridized carbons (Fsp3) is 0.357. The molecule has 3 rings (SSSR count). The minimum Gasteiger partial charge on any atom is -0.477 e. The minimum atomic E-state index is -1.15. The second kappa shape index (κ2) is 8.59. The Morgan fingerprint density at radius 3 is 2.93 bits per heavy atom. The van der Waals surface area contributed by atoms with E-state index in [4.69, 9.17) is 22.2 Å². The van der Waals surface area contributed by atoms with Crippen LogP contribution in [0.5, 0.6) is 0 Å². The van der Waals surface area contributed by atoms with Crippen molar-refractivity contribution in [3.8, 4) is 0 Å². The summed E-state index contributed by atoms with van der Waals surface area (Å²) in [5.74, 6) is -1.75. The molecule has 0 aromatic carbocycles. The third kappa shape index (κ3) is 3.92. The number of nitrogens with one attached hydrogen (secondary N) is 1. The van der Waals surface area contributed by atoms with Gasteiger partial charge >= 0.3 is 5.97 Å². The second-order valence-electron chi connectivity index (χ2n) is 5.49. The first-order chi connectivity index (χ1) is 13.4. The van der Waals surface area contributed by atoms with E-state index in [1.807, 2.05) is 0 Å². The molecule has 150 valence electrons. The molecule has 0 aliphatic carbocycles. The van der Waals surface area contributed by atoms with Crippen LogP contribution < -0.4 is 11.1 Å². The number of aliphatic carboxylic acids is 1. The summed E-state index contributed by atoms with van der Waals surface area (Å²) in [4.78, 5) is 46.9. The quantitative estimate of drug-likeness (QED) is 0.300. The molecule has 2 aliphatic rings. The molecule has 0 saturated carbocycles. The maximum atomic E-state index is 12.6. The standard InChI is InChI=1S/C14H14ClN5O5S3/c1-25-19-7(6-3-26-14(16)18-6)10(21)17-5-2-20-8(5)12(24)28-13(27-4-15)9(20)11(22)23/h3,5,8H,2,4H2,1H3,(H2,16,18)(H,17,21)(H,22,23). The molecule has 1 fully saturated rings. The summed E-state index contributed by atoms with van der Waals surface area (Å²) in [7, 11) is 1.29. The Labute approximate surface area is 176 Å². The van der Waals surface area contributed by atoms with Gasteiger partial charge in [-0.2, -0.15) is 0 Å². The number of carboxylic acids is 1. The molecule has 0 spiro atoms. The van der Waals surface area contributed by atoms with Gasteiger partial charge in [-0.05, 0) is 11.8 Å². The first-order valence-electron chi connectivity index (χ1n) is 7.65. The van der Waals surface area contributed by atoms with E-state index in [1.165, 1.54) is 12.0 Å². The normalized spacial score (nSPS) is 21.9. The smallest absolute Gasteiger partial charge is 0.353 e. The van der Waals surface area contributed by atoms with Gasteiger partial charge in [-0.3, -0.25) is 9.59 Å². The van der Waals surface area contributed by atoms with Crippen LogP contribution in [0.3, 0.4) is 0 Å². The van der Waals surface area contributed by atoms with Crippen molar-refractivity contribution in [1.82, 2.24) is 15.2 Å². The molecule has 1 aromatic rings. The Hall–Kier alpha value is -1.96. The van der Waals surface area contributed by atoms with Crippen molar-refractivity contribution in [3.05, 3.63) is 21.0 Å². The zero-order valence-electron chi connectivity index (χ0n) is 14.2. The van der Waals surface area contributed by atoms with Crippen LogP contribution >= 0.6 is 46.5 Å². The summed E-state index contributed by atoms with van der Waals surface area (Å²) in [6.45, 7) is 0.163. The van der Waals surface area contributed by atoms with Gasteiger partial charge in [-0.1, -0.05) is 5.16 Å². The number of carbonyl (C=O) groups excluding carboxylic acids is 2. The lowest BCUT2D eigenvalue weighted by Gasteiger charge is -2.50. The van der Waals surface area contributed by atoms with E-state index in [9.17, 15) is 19.5 Å². The molecule has 28 heavy (non-hydrogen) atoms. The number of amides is 1. The highest BCUT2D eigenvalue weighted by molar-refractivity contribution is 8.30. The van der Waals surface area contributed by atoms with Crippen LogP contribution in [0.25, 0.3) is 0 Å².